The van der Waals surface area contributed by atoms with E-state index in [2.05, 4.69) is 26.9 Å². The van der Waals surface area contributed by atoms with Crippen molar-refractivity contribution in [1.29, 1.82) is 5.26 Å². The summed E-state index contributed by atoms with van der Waals surface area (Å²) in [4.78, 5) is 14.0. The van der Waals surface area contributed by atoms with Crippen molar-refractivity contribution in [3.8, 4) is 6.07 Å². The molecule has 10 heteroatoms. The van der Waals surface area contributed by atoms with Crippen LogP contribution in [0.4, 0.5) is 10.1 Å². The van der Waals surface area contributed by atoms with E-state index in [9.17, 15) is 10.1 Å². The van der Waals surface area contributed by atoms with Gasteiger partial charge in [0.05, 0.1) is 16.9 Å². The van der Waals surface area contributed by atoms with Crippen molar-refractivity contribution in [3.05, 3.63) is 16.0 Å². The van der Waals surface area contributed by atoms with E-state index in [1.807, 2.05) is 6.92 Å². The molecule has 1 aliphatic heterocycles. The van der Waals surface area contributed by atoms with E-state index in [0.29, 0.717) is 10.6 Å². The molecule has 160 valence electrons. The first-order valence-electron chi connectivity index (χ1n) is 10.3. The molecule has 0 bridgehead atoms. The first-order chi connectivity index (χ1) is 14.6. The number of nitriles is 1. The first-order valence-corrected chi connectivity index (χ1v) is 12.9. The molecule has 2 atom stereocenters. The van der Waals surface area contributed by atoms with Gasteiger partial charge in [-0.3, -0.25) is 4.79 Å². The normalized spacial score (nSPS) is 19.5. The Morgan fingerprint density at radius 1 is 1.30 bits per heavy atom. The Bertz CT molecular complexity index is 930. The molecular formula is C20H25N5O2S3. The van der Waals surface area contributed by atoms with E-state index in [1.165, 1.54) is 34.4 Å². The van der Waals surface area contributed by atoms with Gasteiger partial charge in [0.1, 0.15) is 11.1 Å². The molecule has 2 aromatic rings. The van der Waals surface area contributed by atoms with Crippen LogP contribution in [0.5, 0.6) is 0 Å². The summed E-state index contributed by atoms with van der Waals surface area (Å²) in [6, 6.07) is 2.32. The van der Waals surface area contributed by atoms with E-state index in [-0.39, 0.29) is 17.3 Å². The van der Waals surface area contributed by atoms with Gasteiger partial charge >= 0.3 is 0 Å². The van der Waals surface area contributed by atoms with Gasteiger partial charge in [-0.05, 0) is 51.0 Å². The number of ether oxygens (including phenoxy) is 1. The van der Waals surface area contributed by atoms with Crippen molar-refractivity contribution < 1.29 is 9.53 Å². The van der Waals surface area contributed by atoms with Gasteiger partial charge in [0.15, 0.2) is 4.34 Å². The van der Waals surface area contributed by atoms with E-state index in [1.54, 1.807) is 11.3 Å². The van der Waals surface area contributed by atoms with E-state index in [4.69, 9.17) is 4.74 Å². The Morgan fingerprint density at radius 2 is 2.17 bits per heavy atom. The molecule has 7 nitrogen and oxygen atoms in total. The Labute approximate surface area is 188 Å². The number of nitrogens with zero attached hydrogens (tertiary/aromatic N) is 3. The second-order valence-electron chi connectivity index (χ2n) is 7.52. The average molecular weight is 464 g/mol. The molecule has 2 aromatic heterocycles. The number of carbonyl (C=O) groups excluding carboxylic acids is 1. The molecule has 0 spiro atoms. The summed E-state index contributed by atoms with van der Waals surface area (Å²) in [5.74, 6) is -0.114. The number of amides is 1. The van der Waals surface area contributed by atoms with Crippen LogP contribution < -0.4 is 10.6 Å². The molecule has 1 aliphatic carbocycles. The maximum atomic E-state index is 12.8. The number of anilines is 2. The number of aryl methyl sites for hydroxylation is 1. The van der Waals surface area contributed by atoms with Gasteiger partial charge in [-0.25, -0.2) is 0 Å². The summed E-state index contributed by atoms with van der Waals surface area (Å²) >= 11 is 4.39. The highest BCUT2D eigenvalue weighted by Gasteiger charge is 2.24. The lowest BCUT2D eigenvalue weighted by Gasteiger charge is -2.09. The maximum Gasteiger partial charge on any atom is 0.238 e. The molecule has 2 aliphatic rings. The lowest BCUT2D eigenvalue weighted by atomic mass is 10.1. The van der Waals surface area contributed by atoms with Crippen LogP contribution >= 0.6 is 34.4 Å². The van der Waals surface area contributed by atoms with Crippen LogP contribution in [-0.4, -0.2) is 40.6 Å². The number of hydrogen-bond donors (Lipinski definition) is 2. The van der Waals surface area contributed by atoms with Crippen LogP contribution in [-0.2, 0) is 22.4 Å². The van der Waals surface area contributed by atoms with Crippen molar-refractivity contribution in [2.45, 2.75) is 67.6 Å². The quantitative estimate of drug-likeness (QED) is 0.462. The Kier molecular flexibility index (Phi) is 7.25. The van der Waals surface area contributed by atoms with Gasteiger partial charge in [0.25, 0.3) is 0 Å². The molecule has 4 rings (SSSR count). The van der Waals surface area contributed by atoms with Gasteiger partial charge in [-0.2, -0.15) is 5.26 Å². The predicted octanol–water partition coefficient (Wildman–Crippen LogP) is 4.45. The van der Waals surface area contributed by atoms with Crippen molar-refractivity contribution in [1.82, 2.24) is 10.2 Å². The summed E-state index contributed by atoms with van der Waals surface area (Å²) in [6.45, 7) is 3.41. The van der Waals surface area contributed by atoms with Crippen molar-refractivity contribution >= 4 is 50.5 Å². The maximum absolute atomic E-state index is 12.8. The van der Waals surface area contributed by atoms with E-state index >= 15 is 0 Å². The highest BCUT2D eigenvalue weighted by Crippen LogP contribution is 2.37. The molecule has 0 unspecified atom stereocenters. The summed E-state index contributed by atoms with van der Waals surface area (Å²) < 4.78 is 6.35. The molecule has 1 saturated heterocycles. The van der Waals surface area contributed by atoms with Crippen LogP contribution in [0.2, 0.25) is 0 Å². The van der Waals surface area contributed by atoms with Crippen LogP contribution in [0, 0.1) is 11.3 Å². The fourth-order valence-electron chi connectivity index (χ4n) is 3.70. The summed E-state index contributed by atoms with van der Waals surface area (Å²) in [7, 11) is 0. The molecule has 2 N–H and O–H groups in total. The highest BCUT2D eigenvalue weighted by molar-refractivity contribution is 8.02. The minimum absolute atomic E-state index is 0.114. The average Bonchev–Trinajstić information content (AvgIpc) is 3.44. The number of aromatic nitrogens is 2. The third-order valence-corrected chi connectivity index (χ3v) is 8.60. The number of nitrogens with one attached hydrogen (secondary N) is 2. The number of thioether (sulfide) groups is 1. The number of rotatable bonds is 7. The smallest absolute Gasteiger partial charge is 0.238 e. The second-order valence-corrected chi connectivity index (χ2v) is 11.2. The zero-order valence-electron chi connectivity index (χ0n) is 16.9. The molecule has 30 heavy (non-hydrogen) atoms. The predicted molar refractivity (Wildman–Crippen MR) is 122 cm³/mol. The minimum Gasteiger partial charge on any atom is -0.376 e. The van der Waals surface area contributed by atoms with E-state index in [0.717, 1.165) is 66.7 Å². The van der Waals surface area contributed by atoms with Crippen LogP contribution in [0.15, 0.2) is 4.34 Å². The molecule has 0 radical (unpaired) electrons. The molecule has 1 amide bonds. The monoisotopic (exact) mass is 463 g/mol. The van der Waals surface area contributed by atoms with Crippen molar-refractivity contribution in [2.75, 3.05) is 23.8 Å². The third kappa shape index (κ3) is 5.14. The molecule has 3 heterocycles. The summed E-state index contributed by atoms with van der Waals surface area (Å²) in [5.41, 5.74) is 1.79. The van der Waals surface area contributed by atoms with Crippen LogP contribution in [0.25, 0.3) is 0 Å². The number of carbonyl (C=O) groups is 1. The second kappa shape index (κ2) is 10.1. The number of fused-ring (bicyclic) bond motifs is 1. The zero-order valence-corrected chi connectivity index (χ0v) is 19.4. The third-order valence-electron chi connectivity index (χ3n) is 5.33. The summed E-state index contributed by atoms with van der Waals surface area (Å²) in [6.07, 6.45) is 7.82. The molecule has 1 fully saturated rings. The number of thiophene rings is 1. The SMILES string of the molecule is C[C@@H](Sc1nnc(NC[C@@H]2CCCO2)s1)C(=O)Nc1sc2c(c1C#N)CCCCC2. The fraction of sp³-hybridized carbons (Fsp3) is 0.600. The topological polar surface area (TPSA) is 99.9 Å². The van der Waals surface area contributed by atoms with E-state index < -0.39 is 0 Å². The van der Waals surface area contributed by atoms with Crippen molar-refractivity contribution in [2.24, 2.45) is 0 Å². The van der Waals surface area contributed by atoms with Gasteiger partial charge in [-0.15, -0.1) is 21.5 Å². The van der Waals surface area contributed by atoms with Gasteiger partial charge in [-0.1, -0.05) is 29.5 Å². The van der Waals surface area contributed by atoms with Gasteiger partial charge in [0, 0.05) is 18.0 Å². The van der Waals surface area contributed by atoms with Crippen LogP contribution in [0.1, 0.15) is 55.0 Å². The van der Waals surface area contributed by atoms with Gasteiger partial charge < -0.3 is 15.4 Å². The largest absolute Gasteiger partial charge is 0.376 e. The lowest BCUT2D eigenvalue weighted by Crippen LogP contribution is -2.22. The first kappa shape index (κ1) is 21.6. The van der Waals surface area contributed by atoms with Crippen LogP contribution in [0.3, 0.4) is 0 Å². The summed E-state index contributed by atoms with van der Waals surface area (Å²) in [5, 5.41) is 25.3. The van der Waals surface area contributed by atoms with Gasteiger partial charge in [0.2, 0.25) is 11.0 Å². The Morgan fingerprint density at radius 3 is 2.97 bits per heavy atom. The Balaban J connectivity index is 1.34. The molecular weight excluding hydrogens is 438 g/mol. The van der Waals surface area contributed by atoms with Crippen molar-refractivity contribution in [3.63, 3.8) is 0 Å². The fourth-order valence-corrected chi connectivity index (χ4v) is 6.85. The zero-order chi connectivity index (χ0) is 20.9. The standard InChI is InChI=1S/C20H25N5O2S3/c1-12(28-20-25-24-19(30-20)22-11-13-6-5-9-27-13)17(26)23-18-15(10-21)14-7-3-2-4-8-16(14)29-18/h12-13H,2-9,11H2,1H3,(H,22,24)(H,23,26)/t12-,13+/m1/s1. The highest BCUT2D eigenvalue weighted by atomic mass is 32.2. The minimum atomic E-state index is -0.336. The lowest BCUT2D eigenvalue weighted by molar-refractivity contribution is -0.115. The number of hydrogen-bond acceptors (Lipinski definition) is 9. The molecule has 0 saturated carbocycles. The Hall–Kier alpha value is -1.67. The molecule has 0 aromatic carbocycles.